The van der Waals surface area contributed by atoms with Crippen molar-refractivity contribution in [1.82, 2.24) is 10.2 Å². The summed E-state index contributed by atoms with van der Waals surface area (Å²) in [7, 11) is -1.09. The molecule has 3 rings (SSSR count). The zero-order valence-corrected chi connectivity index (χ0v) is 16.8. The Hall–Kier alpha value is -3.53. The van der Waals surface area contributed by atoms with Crippen LogP contribution in [0.15, 0.2) is 53.7 Å². The van der Waals surface area contributed by atoms with Crippen LogP contribution in [0.5, 0.6) is 11.5 Å². The van der Waals surface area contributed by atoms with Crippen LogP contribution in [0, 0.1) is 6.92 Å². The van der Waals surface area contributed by atoms with E-state index in [2.05, 4.69) is 20.2 Å². The Bertz CT molecular complexity index is 1100. The second-order valence-corrected chi connectivity index (χ2v) is 7.76. The van der Waals surface area contributed by atoms with Crippen molar-refractivity contribution in [3.05, 3.63) is 59.8 Å². The predicted octanol–water partition coefficient (Wildman–Crippen LogP) is 2.79. The molecule has 29 heavy (non-hydrogen) atoms. The smallest absolute Gasteiger partial charge is 0.279 e. The Kier molecular flexibility index (Phi) is 5.74. The summed E-state index contributed by atoms with van der Waals surface area (Å²) in [6.07, 6.45) is 1.15. The maximum atomic E-state index is 12.7. The highest BCUT2D eigenvalue weighted by molar-refractivity contribution is 7.92. The molecule has 0 saturated heterocycles. The van der Waals surface area contributed by atoms with E-state index in [1.807, 2.05) is 6.92 Å². The summed E-state index contributed by atoms with van der Waals surface area (Å²) >= 11 is 0. The second-order valence-electron chi connectivity index (χ2n) is 6.14. The Morgan fingerprint density at radius 2 is 1.62 bits per heavy atom. The number of carbonyl (C=O) groups excluding carboxylic acids is 1. The lowest BCUT2D eigenvalue weighted by atomic mass is 10.2. The third kappa shape index (κ3) is 4.66. The number of aromatic amines is 1. The molecule has 0 bridgehead atoms. The topological polar surface area (TPSA) is 122 Å². The number of anilines is 2. The molecule has 0 radical (unpaired) electrons. The number of H-pyrrole nitrogens is 1. The van der Waals surface area contributed by atoms with Crippen molar-refractivity contribution in [2.24, 2.45) is 0 Å². The molecule has 0 unspecified atom stereocenters. The average molecular weight is 416 g/mol. The SMILES string of the molecule is COc1cc(NC(=O)c2cn[nH]c2S(=O)(=O)Nc2ccc(C)cc2)cc(OC)c1. The molecule has 2 aromatic carbocycles. The fourth-order valence-electron chi connectivity index (χ4n) is 2.55. The van der Waals surface area contributed by atoms with Gasteiger partial charge >= 0.3 is 0 Å². The first-order chi connectivity index (χ1) is 13.8. The van der Waals surface area contributed by atoms with Crippen molar-refractivity contribution in [1.29, 1.82) is 0 Å². The number of sulfonamides is 1. The van der Waals surface area contributed by atoms with Crippen LogP contribution in [-0.4, -0.2) is 38.7 Å². The summed E-state index contributed by atoms with van der Waals surface area (Å²) in [5, 5.41) is 8.38. The first kappa shape index (κ1) is 20.2. The number of nitrogens with zero attached hydrogens (tertiary/aromatic N) is 1. The number of rotatable bonds is 7. The van der Waals surface area contributed by atoms with Crippen LogP contribution in [0.4, 0.5) is 11.4 Å². The Morgan fingerprint density at radius 3 is 2.21 bits per heavy atom. The van der Waals surface area contributed by atoms with Crippen LogP contribution in [0.3, 0.4) is 0 Å². The average Bonchev–Trinajstić information content (AvgIpc) is 3.20. The van der Waals surface area contributed by atoms with Crippen molar-refractivity contribution in [2.45, 2.75) is 11.9 Å². The quantitative estimate of drug-likeness (QED) is 0.544. The number of carbonyl (C=O) groups is 1. The van der Waals surface area contributed by atoms with Gasteiger partial charge in [0, 0.05) is 29.6 Å². The third-order valence-corrected chi connectivity index (χ3v) is 5.38. The minimum absolute atomic E-state index is 0.133. The molecule has 0 atom stereocenters. The number of nitrogens with one attached hydrogen (secondary N) is 3. The summed E-state index contributed by atoms with van der Waals surface area (Å²) < 4.78 is 38.2. The fourth-order valence-corrected chi connectivity index (χ4v) is 3.70. The molecule has 3 aromatic rings. The van der Waals surface area contributed by atoms with Gasteiger partial charge < -0.3 is 14.8 Å². The molecular formula is C19H20N4O5S. The van der Waals surface area contributed by atoms with Crippen molar-refractivity contribution in [3.63, 3.8) is 0 Å². The minimum Gasteiger partial charge on any atom is -0.497 e. The summed E-state index contributed by atoms with van der Waals surface area (Å²) in [5.74, 6) is 0.291. The Balaban J connectivity index is 1.85. The van der Waals surface area contributed by atoms with Crippen LogP contribution in [0.2, 0.25) is 0 Å². The summed E-state index contributed by atoms with van der Waals surface area (Å²) in [5.41, 5.74) is 1.60. The number of hydrogen-bond donors (Lipinski definition) is 3. The van der Waals surface area contributed by atoms with Crippen LogP contribution in [-0.2, 0) is 10.0 Å². The lowest BCUT2D eigenvalue weighted by molar-refractivity contribution is 0.102. The third-order valence-electron chi connectivity index (χ3n) is 4.03. The van der Waals surface area contributed by atoms with E-state index in [0.717, 1.165) is 11.8 Å². The van der Waals surface area contributed by atoms with Gasteiger partial charge in [0.25, 0.3) is 15.9 Å². The monoisotopic (exact) mass is 416 g/mol. The summed E-state index contributed by atoms with van der Waals surface area (Å²) in [6, 6.07) is 11.6. The van der Waals surface area contributed by atoms with E-state index < -0.39 is 15.9 Å². The Morgan fingerprint density at radius 1 is 1.00 bits per heavy atom. The number of aromatic nitrogens is 2. The molecule has 9 nitrogen and oxygen atoms in total. The van der Waals surface area contributed by atoms with Gasteiger partial charge in [-0.15, -0.1) is 0 Å². The molecule has 1 aromatic heterocycles. The predicted molar refractivity (Wildman–Crippen MR) is 108 cm³/mol. The summed E-state index contributed by atoms with van der Waals surface area (Å²) in [4.78, 5) is 12.7. The van der Waals surface area contributed by atoms with Crippen LogP contribution in [0.1, 0.15) is 15.9 Å². The largest absolute Gasteiger partial charge is 0.497 e. The standard InChI is InChI=1S/C19H20N4O5S/c1-12-4-6-13(7-5-12)23-29(25,26)19-17(11-20-22-19)18(24)21-14-8-15(27-2)10-16(9-14)28-3/h4-11,23H,1-3H3,(H,20,22)(H,21,24). The second kappa shape index (κ2) is 8.23. The van der Waals surface area contributed by atoms with Gasteiger partial charge in [0.1, 0.15) is 11.5 Å². The highest BCUT2D eigenvalue weighted by atomic mass is 32.2. The van der Waals surface area contributed by atoms with E-state index in [-0.39, 0.29) is 10.6 Å². The molecular weight excluding hydrogens is 396 g/mol. The number of ether oxygens (including phenoxy) is 2. The molecule has 0 fully saturated rings. The Labute approximate surface area is 168 Å². The van der Waals surface area contributed by atoms with Gasteiger partial charge in [-0.1, -0.05) is 17.7 Å². The number of amides is 1. The molecule has 0 aliphatic rings. The molecule has 0 aliphatic carbocycles. The lowest BCUT2D eigenvalue weighted by Gasteiger charge is -2.11. The lowest BCUT2D eigenvalue weighted by Crippen LogP contribution is -2.19. The molecule has 0 spiro atoms. The first-order valence-corrected chi connectivity index (χ1v) is 9.98. The highest BCUT2D eigenvalue weighted by Gasteiger charge is 2.25. The van der Waals surface area contributed by atoms with Gasteiger partial charge in [0.2, 0.25) is 0 Å². The van der Waals surface area contributed by atoms with Gasteiger partial charge in [-0.2, -0.15) is 13.5 Å². The van der Waals surface area contributed by atoms with Gasteiger partial charge in [-0.25, -0.2) is 0 Å². The molecule has 0 saturated carbocycles. The van der Waals surface area contributed by atoms with E-state index >= 15 is 0 Å². The van der Waals surface area contributed by atoms with Gasteiger partial charge in [-0.05, 0) is 19.1 Å². The van der Waals surface area contributed by atoms with Crippen LogP contribution < -0.4 is 19.5 Å². The van der Waals surface area contributed by atoms with Gasteiger partial charge in [-0.3, -0.25) is 14.6 Å². The molecule has 1 heterocycles. The molecule has 3 N–H and O–H groups in total. The normalized spacial score (nSPS) is 11.0. The first-order valence-electron chi connectivity index (χ1n) is 8.49. The zero-order chi connectivity index (χ0) is 21.0. The molecule has 1 amide bonds. The maximum absolute atomic E-state index is 12.7. The number of benzene rings is 2. The van der Waals surface area contributed by atoms with Gasteiger partial charge in [0.15, 0.2) is 5.03 Å². The summed E-state index contributed by atoms with van der Waals surface area (Å²) in [6.45, 7) is 1.89. The van der Waals surface area contributed by atoms with Crippen molar-refractivity contribution in [2.75, 3.05) is 24.3 Å². The van der Waals surface area contributed by atoms with E-state index in [1.54, 1.807) is 42.5 Å². The maximum Gasteiger partial charge on any atom is 0.279 e. The zero-order valence-electron chi connectivity index (χ0n) is 16.0. The molecule has 10 heteroatoms. The van der Waals surface area contributed by atoms with E-state index in [9.17, 15) is 13.2 Å². The molecule has 152 valence electrons. The van der Waals surface area contributed by atoms with Crippen molar-refractivity contribution in [3.8, 4) is 11.5 Å². The number of methoxy groups -OCH3 is 2. The van der Waals surface area contributed by atoms with E-state index in [0.29, 0.717) is 22.9 Å². The fraction of sp³-hybridized carbons (Fsp3) is 0.158. The minimum atomic E-state index is -4.05. The van der Waals surface area contributed by atoms with Crippen LogP contribution >= 0.6 is 0 Å². The number of aryl methyl sites for hydroxylation is 1. The van der Waals surface area contributed by atoms with Crippen molar-refractivity contribution >= 4 is 27.3 Å². The highest BCUT2D eigenvalue weighted by Crippen LogP contribution is 2.26. The number of hydrogen-bond acceptors (Lipinski definition) is 6. The van der Waals surface area contributed by atoms with Crippen molar-refractivity contribution < 1.29 is 22.7 Å². The van der Waals surface area contributed by atoms with E-state index in [4.69, 9.17) is 9.47 Å². The van der Waals surface area contributed by atoms with E-state index in [1.165, 1.54) is 14.2 Å². The van der Waals surface area contributed by atoms with Crippen LogP contribution in [0.25, 0.3) is 0 Å². The molecule has 0 aliphatic heterocycles. The van der Waals surface area contributed by atoms with Gasteiger partial charge in [0.05, 0.1) is 26.0 Å².